The van der Waals surface area contributed by atoms with Crippen molar-refractivity contribution in [3.05, 3.63) is 29.8 Å². The molecule has 9 heteroatoms. The van der Waals surface area contributed by atoms with Crippen LogP contribution in [-0.2, 0) is 16.1 Å². The maximum absolute atomic E-state index is 12.1. The Hall–Kier alpha value is -2.45. The van der Waals surface area contributed by atoms with Crippen LogP contribution in [0.15, 0.2) is 29.3 Å². The van der Waals surface area contributed by atoms with E-state index in [0.29, 0.717) is 25.1 Å². The van der Waals surface area contributed by atoms with Crippen molar-refractivity contribution in [3.63, 3.8) is 0 Å². The van der Waals surface area contributed by atoms with Crippen molar-refractivity contribution in [1.29, 1.82) is 0 Å². The second-order valence-electron chi connectivity index (χ2n) is 5.79. The molecule has 6 nitrogen and oxygen atoms in total. The highest BCUT2D eigenvalue weighted by atomic mass is 19.4. The molecule has 1 aromatic rings. The molecular formula is C18H26F3N3O3. The Morgan fingerprint density at radius 1 is 1.15 bits per heavy atom. The van der Waals surface area contributed by atoms with Gasteiger partial charge in [-0.2, -0.15) is 0 Å². The van der Waals surface area contributed by atoms with Crippen molar-refractivity contribution in [3.8, 4) is 5.75 Å². The normalized spacial score (nSPS) is 11.9. The molecular weight excluding hydrogens is 363 g/mol. The first kappa shape index (κ1) is 22.6. The lowest BCUT2D eigenvalue weighted by molar-refractivity contribution is -0.274. The van der Waals surface area contributed by atoms with Crippen LogP contribution in [0.2, 0.25) is 0 Å². The van der Waals surface area contributed by atoms with Crippen molar-refractivity contribution in [1.82, 2.24) is 5.32 Å². The highest BCUT2D eigenvalue weighted by Crippen LogP contribution is 2.22. The van der Waals surface area contributed by atoms with Crippen LogP contribution >= 0.6 is 0 Å². The standard InChI is InChI=1S/C18H26F3N3O3/c1-2-26-16(25)7-5-3-4-6-12-23-17(22)24-13-14-8-10-15(11-9-14)27-18(19,20)21/h8-11H,2-7,12-13H2,1H3,(H3,22,23,24). The molecule has 1 rings (SSSR count). The second-order valence-corrected chi connectivity index (χ2v) is 5.79. The summed E-state index contributed by atoms with van der Waals surface area (Å²) < 4.78 is 44.9. The molecule has 0 fully saturated rings. The lowest BCUT2D eigenvalue weighted by Gasteiger charge is -2.09. The number of ether oxygens (including phenoxy) is 2. The lowest BCUT2D eigenvalue weighted by atomic mass is 10.1. The van der Waals surface area contributed by atoms with Crippen LogP contribution < -0.4 is 15.8 Å². The van der Waals surface area contributed by atoms with Crippen LogP contribution in [0.25, 0.3) is 0 Å². The van der Waals surface area contributed by atoms with E-state index in [1.54, 1.807) is 6.92 Å². The highest BCUT2D eigenvalue weighted by molar-refractivity contribution is 5.77. The number of rotatable bonds is 11. The topological polar surface area (TPSA) is 85.9 Å². The van der Waals surface area contributed by atoms with E-state index >= 15 is 0 Å². The van der Waals surface area contributed by atoms with Crippen LogP contribution in [0.4, 0.5) is 13.2 Å². The van der Waals surface area contributed by atoms with E-state index in [9.17, 15) is 18.0 Å². The summed E-state index contributed by atoms with van der Waals surface area (Å²) >= 11 is 0. The van der Waals surface area contributed by atoms with E-state index < -0.39 is 6.36 Å². The minimum atomic E-state index is -4.70. The first-order valence-corrected chi connectivity index (χ1v) is 8.84. The Bertz CT molecular complexity index is 590. The Balaban J connectivity index is 2.17. The zero-order valence-corrected chi connectivity index (χ0v) is 15.3. The number of carbonyl (C=O) groups excluding carboxylic acids is 1. The molecule has 0 aromatic heterocycles. The first-order chi connectivity index (χ1) is 12.8. The molecule has 0 aliphatic carbocycles. The molecule has 0 unspecified atom stereocenters. The molecule has 0 bridgehead atoms. The SMILES string of the molecule is CCOC(=O)CCCCCCNC(N)=NCc1ccc(OC(F)(F)F)cc1. The molecule has 0 spiro atoms. The van der Waals surface area contributed by atoms with E-state index in [1.807, 2.05) is 0 Å². The molecule has 27 heavy (non-hydrogen) atoms. The van der Waals surface area contributed by atoms with E-state index in [1.165, 1.54) is 24.3 Å². The van der Waals surface area contributed by atoms with Gasteiger partial charge in [-0.1, -0.05) is 25.0 Å². The number of halogens is 3. The molecule has 0 radical (unpaired) electrons. The average Bonchev–Trinajstić information content (AvgIpc) is 2.59. The number of alkyl halides is 3. The maximum atomic E-state index is 12.1. The fourth-order valence-electron chi connectivity index (χ4n) is 2.23. The summed E-state index contributed by atoms with van der Waals surface area (Å²) in [6.45, 7) is 3.11. The largest absolute Gasteiger partial charge is 0.573 e. The second kappa shape index (κ2) is 12.0. The van der Waals surface area contributed by atoms with E-state index in [2.05, 4.69) is 15.0 Å². The third-order valence-electron chi connectivity index (χ3n) is 3.51. The number of aliphatic imine (C=N–C) groups is 1. The van der Waals surface area contributed by atoms with Gasteiger partial charge in [0.15, 0.2) is 5.96 Å². The highest BCUT2D eigenvalue weighted by Gasteiger charge is 2.30. The van der Waals surface area contributed by atoms with Crippen LogP contribution in [0.5, 0.6) is 5.75 Å². The number of hydrogen-bond donors (Lipinski definition) is 2. The monoisotopic (exact) mass is 389 g/mol. The van der Waals surface area contributed by atoms with Crippen LogP contribution in [0.1, 0.15) is 44.6 Å². The molecule has 0 heterocycles. The van der Waals surface area contributed by atoms with Gasteiger partial charge in [0.05, 0.1) is 13.2 Å². The van der Waals surface area contributed by atoms with Crippen LogP contribution in [-0.4, -0.2) is 31.4 Å². The van der Waals surface area contributed by atoms with Gasteiger partial charge < -0.3 is 20.5 Å². The number of nitrogens with zero attached hydrogens (tertiary/aromatic N) is 1. The lowest BCUT2D eigenvalue weighted by Crippen LogP contribution is -2.32. The first-order valence-electron chi connectivity index (χ1n) is 8.84. The summed E-state index contributed by atoms with van der Waals surface area (Å²) in [5.74, 6) is -0.161. The van der Waals surface area contributed by atoms with Gasteiger partial charge in [-0.3, -0.25) is 4.79 Å². The number of nitrogens with one attached hydrogen (secondary N) is 1. The third kappa shape index (κ3) is 11.7. The summed E-state index contributed by atoms with van der Waals surface area (Å²) in [6, 6.07) is 5.47. The van der Waals surface area contributed by atoms with Gasteiger partial charge in [0.2, 0.25) is 0 Å². The van der Waals surface area contributed by atoms with Crippen LogP contribution in [0.3, 0.4) is 0 Å². The molecule has 0 amide bonds. The fraction of sp³-hybridized carbons (Fsp3) is 0.556. The molecule has 0 atom stereocenters. The summed E-state index contributed by atoms with van der Waals surface area (Å²) in [4.78, 5) is 15.3. The molecule has 0 aliphatic rings. The number of hydrogen-bond acceptors (Lipinski definition) is 4. The maximum Gasteiger partial charge on any atom is 0.573 e. The number of unbranched alkanes of at least 4 members (excludes halogenated alkanes) is 3. The Kier molecular flexibility index (Phi) is 10.1. The molecule has 0 saturated heterocycles. The van der Waals surface area contributed by atoms with Gasteiger partial charge in [-0.25, -0.2) is 4.99 Å². The molecule has 1 aromatic carbocycles. The molecule has 0 saturated carbocycles. The fourth-order valence-corrected chi connectivity index (χ4v) is 2.23. The number of carbonyl (C=O) groups is 1. The van der Waals surface area contributed by atoms with E-state index in [4.69, 9.17) is 10.5 Å². The Morgan fingerprint density at radius 2 is 1.81 bits per heavy atom. The smallest absolute Gasteiger partial charge is 0.466 e. The van der Waals surface area contributed by atoms with Gasteiger partial charge in [0.25, 0.3) is 0 Å². The van der Waals surface area contributed by atoms with Gasteiger partial charge in [-0.05, 0) is 37.5 Å². The zero-order valence-electron chi connectivity index (χ0n) is 15.3. The number of nitrogens with two attached hydrogens (primary N) is 1. The Labute approximate surface area is 156 Å². The third-order valence-corrected chi connectivity index (χ3v) is 3.51. The number of benzene rings is 1. The summed E-state index contributed by atoms with van der Waals surface area (Å²) in [5.41, 5.74) is 6.47. The Morgan fingerprint density at radius 3 is 2.44 bits per heavy atom. The summed E-state index contributed by atoms with van der Waals surface area (Å²) in [6.07, 6.45) is -0.673. The van der Waals surface area contributed by atoms with Gasteiger partial charge >= 0.3 is 12.3 Å². The van der Waals surface area contributed by atoms with Crippen molar-refractivity contribution in [2.45, 2.75) is 51.9 Å². The van der Waals surface area contributed by atoms with Crippen molar-refractivity contribution in [2.24, 2.45) is 10.7 Å². The predicted octanol–water partition coefficient (Wildman–Crippen LogP) is 3.50. The summed E-state index contributed by atoms with van der Waals surface area (Å²) in [7, 11) is 0. The minimum absolute atomic E-state index is 0.162. The van der Waals surface area contributed by atoms with Crippen molar-refractivity contribution < 1.29 is 27.4 Å². The average molecular weight is 389 g/mol. The zero-order chi connectivity index (χ0) is 20.1. The van der Waals surface area contributed by atoms with Gasteiger partial charge in [-0.15, -0.1) is 13.2 Å². The number of esters is 1. The van der Waals surface area contributed by atoms with E-state index in [0.717, 1.165) is 25.7 Å². The molecule has 3 N–H and O–H groups in total. The minimum Gasteiger partial charge on any atom is -0.466 e. The predicted molar refractivity (Wildman–Crippen MR) is 96.2 cm³/mol. The number of guanidine groups is 1. The molecule has 0 aliphatic heterocycles. The van der Waals surface area contributed by atoms with E-state index in [-0.39, 0.29) is 24.2 Å². The van der Waals surface area contributed by atoms with Gasteiger partial charge in [0, 0.05) is 13.0 Å². The quantitative estimate of drug-likeness (QED) is 0.262. The summed E-state index contributed by atoms with van der Waals surface area (Å²) in [5, 5.41) is 2.98. The van der Waals surface area contributed by atoms with Crippen LogP contribution in [0, 0.1) is 0 Å². The van der Waals surface area contributed by atoms with Crippen molar-refractivity contribution >= 4 is 11.9 Å². The van der Waals surface area contributed by atoms with Crippen molar-refractivity contribution in [2.75, 3.05) is 13.2 Å². The molecule has 152 valence electrons. The van der Waals surface area contributed by atoms with Gasteiger partial charge in [0.1, 0.15) is 5.75 Å².